The molecule has 47 heavy (non-hydrogen) atoms. The summed E-state index contributed by atoms with van der Waals surface area (Å²) < 4.78 is 38.9. The summed E-state index contributed by atoms with van der Waals surface area (Å²) in [6, 6.07) is 4.47. The van der Waals surface area contributed by atoms with Crippen molar-refractivity contribution in [3.8, 4) is 45.8 Å². The number of esters is 1. The van der Waals surface area contributed by atoms with Crippen molar-refractivity contribution in [1.29, 1.82) is 0 Å². The van der Waals surface area contributed by atoms with Gasteiger partial charge in [0.05, 0.1) is 19.3 Å². The maximum atomic E-state index is 14.0. The summed E-state index contributed by atoms with van der Waals surface area (Å²) in [5, 5.41) is 82.9. The number of aliphatic hydroxyl groups excluding tert-OH is 5. The largest absolute Gasteiger partial charge is 0.504 e. The molecular formula is C30H34O17. The molecule has 17 heteroatoms. The summed E-state index contributed by atoms with van der Waals surface area (Å²) in [5.74, 6) is -4.51. The van der Waals surface area contributed by atoms with E-state index in [2.05, 4.69) is 0 Å². The fraction of sp³-hybridized carbons (Fsp3) is 0.467. The predicted octanol–water partition coefficient (Wildman–Crippen LogP) is -0.431. The first-order valence-corrected chi connectivity index (χ1v) is 14.3. The average Bonchev–Trinajstić information content (AvgIpc) is 3.01. The Morgan fingerprint density at radius 3 is 2.06 bits per heavy atom. The molecule has 2 aliphatic rings. The molecule has 0 aliphatic carbocycles. The van der Waals surface area contributed by atoms with Gasteiger partial charge in [-0.3, -0.25) is 9.59 Å². The Hall–Kier alpha value is -4.36. The average molecular weight is 667 g/mol. The number of benzene rings is 2. The second-order valence-electron chi connectivity index (χ2n) is 11.1. The minimum absolute atomic E-state index is 0.0366. The van der Waals surface area contributed by atoms with Crippen LogP contribution < -0.4 is 19.6 Å². The first-order chi connectivity index (χ1) is 22.1. The smallest absolute Gasteiger partial charge is 0.303 e. The minimum atomic E-state index is -1.85. The van der Waals surface area contributed by atoms with Crippen LogP contribution in [0.4, 0.5) is 0 Å². The molecule has 0 bridgehead atoms. The lowest BCUT2D eigenvalue weighted by atomic mass is 9.99. The topological polar surface area (TPSA) is 264 Å². The summed E-state index contributed by atoms with van der Waals surface area (Å²) in [6.45, 7) is 3.97. The molecule has 2 aliphatic heterocycles. The Balaban J connectivity index is 1.63. The molecule has 8 N–H and O–H groups in total. The monoisotopic (exact) mass is 666 g/mol. The van der Waals surface area contributed by atoms with Crippen molar-refractivity contribution in [2.75, 3.05) is 7.11 Å². The zero-order valence-corrected chi connectivity index (χ0v) is 25.3. The van der Waals surface area contributed by atoms with E-state index >= 15 is 0 Å². The van der Waals surface area contributed by atoms with E-state index in [0.29, 0.717) is 0 Å². The Labute approximate surface area is 265 Å². The third-order valence-corrected chi connectivity index (χ3v) is 7.84. The molecule has 1 aromatic heterocycles. The van der Waals surface area contributed by atoms with Crippen LogP contribution in [0.1, 0.15) is 20.8 Å². The van der Waals surface area contributed by atoms with Crippen molar-refractivity contribution in [3.63, 3.8) is 0 Å². The number of fused-ring (bicyclic) bond motifs is 1. The van der Waals surface area contributed by atoms with Crippen LogP contribution in [0.25, 0.3) is 22.3 Å². The first kappa shape index (κ1) is 34.0. The van der Waals surface area contributed by atoms with Crippen molar-refractivity contribution < 1.29 is 78.5 Å². The second-order valence-corrected chi connectivity index (χ2v) is 11.1. The van der Waals surface area contributed by atoms with Gasteiger partial charge in [0.1, 0.15) is 41.5 Å². The van der Waals surface area contributed by atoms with Gasteiger partial charge < -0.3 is 73.7 Å². The highest BCUT2D eigenvalue weighted by atomic mass is 16.7. The maximum Gasteiger partial charge on any atom is 0.303 e. The number of carbonyl (C=O) groups is 1. The van der Waals surface area contributed by atoms with Crippen LogP contribution in [0.2, 0.25) is 0 Å². The van der Waals surface area contributed by atoms with Crippen LogP contribution >= 0.6 is 0 Å². The summed E-state index contributed by atoms with van der Waals surface area (Å²) in [4.78, 5) is 25.4. The lowest BCUT2D eigenvalue weighted by molar-refractivity contribution is -0.272. The van der Waals surface area contributed by atoms with Crippen LogP contribution in [0.3, 0.4) is 0 Å². The zero-order chi connectivity index (χ0) is 34.5. The molecule has 3 heterocycles. The van der Waals surface area contributed by atoms with Gasteiger partial charge in [0.25, 0.3) is 0 Å². The molecule has 256 valence electrons. The van der Waals surface area contributed by atoms with E-state index in [9.17, 15) is 50.4 Å². The predicted molar refractivity (Wildman–Crippen MR) is 155 cm³/mol. The number of carbonyl (C=O) groups excluding carboxylic acids is 1. The molecule has 5 rings (SSSR count). The summed E-state index contributed by atoms with van der Waals surface area (Å²) in [6.07, 6.45) is -15.0. The Kier molecular flexibility index (Phi) is 9.43. The molecule has 0 amide bonds. The van der Waals surface area contributed by atoms with Gasteiger partial charge in [-0.15, -0.1) is 0 Å². The summed E-state index contributed by atoms with van der Waals surface area (Å²) in [5.41, 5.74) is -1.45. The van der Waals surface area contributed by atoms with E-state index in [-0.39, 0.29) is 16.9 Å². The molecule has 10 atom stereocenters. The van der Waals surface area contributed by atoms with Crippen molar-refractivity contribution in [2.24, 2.45) is 0 Å². The van der Waals surface area contributed by atoms with E-state index in [1.807, 2.05) is 0 Å². The van der Waals surface area contributed by atoms with E-state index in [0.717, 1.165) is 32.2 Å². The van der Waals surface area contributed by atoms with Gasteiger partial charge in [-0.2, -0.15) is 0 Å². The molecular weight excluding hydrogens is 632 g/mol. The van der Waals surface area contributed by atoms with E-state index in [4.69, 9.17) is 32.8 Å². The summed E-state index contributed by atoms with van der Waals surface area (Å²) >= 11 is 0. The molecule has 0 spiro atoms. The van der Waals surface area contributed by atoms with Gasteiger partial charge in [0.15, 0.2) is 34.9 Å². The highest BCUT2D eigenvalue weighted by Gasteiger charge is 2.47. The Morgan fingerprint density at radius 2 is 1.43 bits per heavy atom. The molecule has 2 aromatic carbocycles. The second kappa shape index (κ2) is 13.0. The lowest BCUT2D eigenvalue weighted by Gasteiger charge is -2.40. The molecule has 0 unspecified atom stereocenters. The molecule has 0 radical (unpaired) electrons. The molecule has 2 saturated heterocycles. The van der Waals surface area contributed by atoms with Gasteiger partial charge in [-0.1, -0.05) is 0 Å². The van der Waals surface area contributed by atoms with Crippen LogP contribution in [0.5, 0.6) is 34.5 Å². The number of hydrogen-bond acceptors (Lipinski definition) is 17. The number of hydrogen-bond donors (Lipinski definition) is 8. The normalized spacial score (nSPS) is 30.9. The number of methoxy groups -OCH3 is 1. The highest BCUT2D eigenvalue weighted by molar-refractivity contribution is 5.91. The SMILES string of the molecule is COc1c(O[C@@H]2O[C@H](C)[C@H](OC(C)=O)[C@@H](O)[C@H]2O)cc2oc(-c3ccc(O)c(O)c3)c(O[C@@H]3O[C@@H](C)[C@H](O)[C@H](O)[C@H]3O)c(=O)c2c1O. The van der Waals surface area contributed by atoms with Crippen LogP contribution in [0.15, 0.2) is 33.5 Å². The van der Waals surface area contributed by atoms with Crippen LogP contribution in [-0.4, -0.2) is 115 Å². The molecule has 0 saturated carbocycles. The van der Waals surface area contributed by atoms with Gasteiger partial charge in [0, 0.05) is 18.6 Å². The lowest BCUT2D eigenvalue weighted by Crippen LogP contribution is -2.59. The molecule has 17 nitrogen and oxygen atoms in total. The van der Waals surface area contributed by atoms with Crippen molar-refractivity contribution in [2.45, 2.75) is 82.2 Å². The highest BCUT2D eigenvalue weighted by Crippen LogP contribution is 2.46. The van der Waals surface area contributed by atoms with Crippen molar-refractivity contribution in [3.05, 3.63) is 34.5 Å². The first-order valence-electron chi connectivity index (χ1n) is 14.3. The van der Waals surface area contributed by atoms with Gasteiger partial charge in [-0.25, -0.2) is 0 Å². The number of ether oxygens (including phenoxy) is 6. The van der Waals surface area contributed by atoms with Crippen LogP contribution in [0, 0.1) is 0 Å². The number of rotatable bonds is 7. The fourth-order valence-electron chi connectivity index (χ4n) is 5.33. The number of aliphatic hydroxyl groups is 5. The number of phenolic OH excluding ortho intramolecular Hbond substituents is 3. The van der Waals surface area contributed by atoms with Gasteiger partial charge >= 0.3 is 5.97 Å². The Morgan fingerprint density at radius 1 is 0.787 bits per heavy atom. The van der Waals surface area contributed by atoms with E-state index in [1.54, 1.807) is 0 Å². The van der Waals surface area contributed by atoms with E-state index < -0.39 is 113 Å². The third kappa shape index (κ3) is 6.21. The quantitative estimate of drug-likeness (QED) is 0.117. The van der Waals surface area contributed by atoms with Gasteiger partial charge in [0.2, 0.25) is 29.5 Å². The number of phenols is 3. The van der Waals surface area contributed by atoms with Crippen molar-refractivity contribution >= 4 is 16.9 Å². The maximum absolute atomic E-state index is 14.0. The van der Waals surface area contributed by atoms with Crippen molar-refractivity contribution in [1.82, 2.24) is 0 Å². The standard InChI is InChI=1S/C30H34O17/c1-9-18(34)21(37)23(39)30(42-9)47-28-20(36)17-15(45-26(28)12-5-6-13(32)14(33)7-12)8-16(27(41-4)19(17)35)46-29-24(40)22(38)25(10(2)43-29)44-11(3)31/h5-10,18,21-25,29-30,32-35,37-40H,1-4H3/t9-,10+,18-,21-,22-,23+,24+,25-,29-,30-/m0/s1. The Bertz CT molecular complexity index is 1700. The zero-order valence-electron chi connectivity index (χ0n) is 25.3. The summed E-state index contributed by atoms with van der Waals surface area (Å²) in [7, 11) is 1.13. The minimum Gasteiger partial charge on any atom is -0.504 e. The molecule has 2 fully saturated rings. The van der Waals surface area contributed by atoms with Gasteiger partial charge in [-0.05, 0) is 32.0 Å². The van der Waals surface area contributed by atoms with Crippen LogP contribution in [-0.2, 0) is 19.0 Å². The number of aromatic hydroxyl groups is 3. The fourth-order valence-corrected chi connectivity index (χ4v) is 5.33. The molecule has 3 aromatic rings. The third-order valence-electron chi connectivity index (χ3n) is 7.84. The van der Waals surface area contributed by atoms with E-state index in [1.165, 1.54) is 19.9 Å².